The third-order valence-electron chi connectivity index (χ3n) is 3.91. The van der Waals surface area contributed by atoms with Crippen LogP contribution in [0.4, 0.5) is 0 Å². The molecule has 0 unspecified atom stereocenters. The van der Waals surface area contributed by atoms with Crippen LogP contribution in [-0.4, -0.2) is 23.4 Å². The van der Waals surface area contributed by atoms with Gasteiger partial charge in [-0.2, -0.15) is 5.10 Å². The van der Waals surface area contributed by atoms with E-state index in [0.717, 1.165) is 18.7 Å². The van der Waals surface area contributed by atoms with E-state index in [1.165, 1.54) is 33.6 Å². The molecule has 0 aliphatic rings. The highest BCUT2D eigenvalue weighted by molar-refractivity contribution is 5.50. The zero-order valence-corrected chi connectivity index (χ0v) is 13.5. The molecule has 1 aromatic heterocycles. The van der Waals surface area contributed by atoms with E-state index < -0.39 is 0 Å². The summed E-state index contributed by atoms with van der Waals surface area (Å²) in [6.45, 7) is 11.7. The molecule has 0 atom stereocenters. The van der Waals surface area contributed by atoms with Crippen molar-refractivity contribution in [3.63, 3.8) is 0 Å². The molecule has 0 fully saturated rings. The number of benzene rings is 1. The Morgan fingerprint density at radius 2 is 1.65 bits per heavy atom. The lowest BCUT2D eigenvalue weighted by Crippen LogP contribution is -2.11. The lowest BCUT2D eigenvalue weighted by atomic mass is 10.0. The zero-order chi connectivity index (χ0) is 14.9. The highest BCUT2D eigenvalue weighted by Crippen LogP contribution is 2.24. The molecule has 20 heavy (non-hydrogen) atoms. The van der Waals surface area contributed by atoms with Crippen LogP contribution in [0.3, 0.4) is 0 Å². The number of aromatic nitrogens is 2. The number of nitrogens with zero attached hydrogens (tertiary/aromatic N) is 2. The summed E-state index contributed by atoms with van der Waals surface area (Å²) in [7, 11) is 1.99. The molecule has 0 saturated heterocycles. The SMILES string of the molecule is CNCCc1c(C)nn(-c2c(C)cc(C)cc2C)c1C. The average molecular weight is 271 g/mol. The molecule has 2 rings (SSSR count). The Hall–Kier alpha value is -1.61. The molecule has 1 N–H and O–H groups in total. The van der Waals surface area contributed by atoms with Gasteiger partial charge in [0.25, 0.3) is 0 Å². The van der Waals surface area contributed by atoms with Gasteiger partial charge in [0.2, 0.25) is 0 Å². The number of aryl methyl sites for hydroxylation is 4. The van der Waals surface area contributed by atoms with E-state index >= 15 is 0 Å². The fraction of sp³-hybridized carbons (Fsp3) is 0.471. The van der Waals surface area contributed by atoms with Crippen molar-refractivity contribution in [2.24, 2.45) is 0 Å². The van der Waals surface area contributed by atoms with Gasteiger partial charge in [-0.15, -0.1) is 0 Å². The molecule has 3 nitrogen and oxygen atoms in total. The fourth-order valence-electron chi connectivity index (χ4n) is 3.01. The number of nitrogens with one attached hydrogen (secondary N) is 1. The zero-order valence-electron chi connectivity index (χ0n) is 13.5. The summed E-state index contributed by atoms with van der Waals surface area (Å²) in [6, 6.07) is 4.46. The molecule has 1 heterocycles. The van der Waals surface area contributed by atoms with Crippen molar-refractivity contribution in [1.29, 1.82) is 0 Å². The predicted octanol–water partition coefficient (Wildman–Crippen LogP) is 3.18. The highest BCUT2D eigenvalue weighted by Gasteiger charge is 2.15. The number of likely N-dealkylation sites (N-methyl/N-ethyl adjacent to an activating group) is 1. The second-order valence-corrected chi connectivity index (χ2v) is 5.66. The largest absolute Gasteiger partial charge is 0.319 e. The van der Waals surface area contributed by atoms with Crippen molar-refractivity contribution >= 4 is 0 Å². The first-order valence-electron chi connectivity index (χ1n) is 7.23. The van der Waals surface area contributed by atoms with Gasteiger partial charge in [-0.05, 0) is 71.3 Å². The minimum atomic E-state index is 0.985. The summed E-state index contributed by atoms with van der Waals surface area (Å²) in [5.41, 5.74) is 8.86. The summed E-state index contributed by atoms with van der Waals surface area (Å²) in [6.07, 6.45) is 1.03. The van der Waals surface area contributed by atoms with E-state index in [0.29, 0.717) is 0 Å². The lowest BCUT2D eigenvalue weighted by Gasteiger charge is -2.13. The Kier molecular flexibility index (Phi) is 4.29. The lowest BCUT2D eigenvalue weighted by molar-refractivity contribution is 0.782. The van der Waals surface area contributed by atoms with Crippen LogP contribution in [0.2, 0.25) is 0 Å². The molecular weight excluding hydrogens is 246 g/mol. The number of hydrogen-bond acceptors (Lipinski definition) is 2. The van der Waals surface area contributed by atoms with E-state index in [2.05, 4.69) is 56.8 Å². The Morgan fingerprint density at radius 3 is 2.20 bits per heavy atom. The van der Waals surface area contributed by atoms with Gasteiger partial charge in [-0.25, -0.2) is 4.68 Å². The predicted molar refractivity (Wildman–Crippen MR) is 84.9 cm³/mol. The van der Waals surface area contributed by atoms with E-state index in [9.17, 15) is 0 Å². The Bertz CT molecular complexity index is 600. The van der Waals surface area contributed by atoms with Gasteiger partial charge < -0.3 is 5.32 Å². The van der Waals surface area contributed by atoms with E-state index in [1.54, 1.807) is 0 Å². The van der Waals surface area contributed by atoms with Gasteiger partial charge in [0.1, 0.15) is 0 Å². The number of hydrogen-bond donors (Lipinski definition) is 1. The monoisotopic (exact) mass is 271 g/mol. The smallest absolute Gasteiger partial charge is 0.0707 e. The van der Waals surface area contributed by atoms with Crippen LogP contribution >= 0.6 is 0 Å². The van der Waals surface area contributed by atoms with E-state index in [-0.39, 0.29) is 0 Å². The minimum absolute atomic E-state index is 0.985. The fourth-order valence-corrected chi connectivity index (χ4v) is 3.01. The Labute approximate surface area is 122 Å². The molecule has 3 heteroatoms. The molecule has 108 valence electrons. The minimum Gasteiger partial charge on any atom is -0.319 e. The van der Waals surface area contributed by atoms with Crippen LogP contribution in [0.1, 0.15) is 33.6 Å². The molecule has 1 aromatic carbocycles. The van der Waals surface area contributed by atoms with Crippen LogP contribution in [0.15, 0.2) is 12.1 Å². The van der Waals surface area contributed by atoms with Crippen molar-refractivity contribution in [3.05, 3.63) is 45.8 Å². The van der Waals surface area contributed by atoms with Crippen LogP contribution in [0, 0.1) is 34.6 Å². The second kappa shape index (κ2) is 5.80. The van der Waals surface area contributed by atoms with Crippen LogP contribution in [0.25, 0.3) is 5.69 Å². The Balaban J connectivity index is 2.54. The molecule has 0 saturated carbocycles. The van der Waals surface area contributed by atoms with Gasteiger partial charge in [-0.1, -0.05) is 17.7 Å². The maximum atomic E-state index is 4.77. The number of rotatable bonds is 4. The van der Waals surface area contributed by atoms with E-state index in [4.69, 9.17) is 5.10 Å². The standard InChI is InChI=1S/C17H25N3/c1-11-9-12(2)17(13(3)10-11)20-15(5)16(7-8-18-6)14(4)19-20/h9-10,18H,7-8H2,1-6H3. The van der Waals surface area contributed by atoms with Gasteiger partial charge in [0, 0.05) is 5.69 Å². The Morgan fingerprint density at radius 1 is 1.05 bits per heavy atom. The average Bonchev–Trinajstić information content (AvgIpc) is 2.62. The first-order chi connectivity index (χ1) is 9.45. The highest BCUT2D eigenvalue weighted by atomic mass is 15.3. The molecular formula is C17H25N3. The van der Waals surface area contributed by atoms with Gasteiger partial charge >= 0.3 is 0 Å². The summed E-state index contributed by atoms with van der Waals surface area (Å²) in [5, 5.41) is 7.99. The van der Waals surface area contributed by atoms with Gasteiger partial charge in [-0.3, -0.25) is 0 Å². The quantitative estimate of drug-likeness (QED) is 0.925. The normalized spacial score (nSPS) is 11.1. The molecule has 0 aliphatic heterocycles. The second-order valence-electron chi connectivity index (χ2n) is 5.66. The van der Waals surface area contributed by atoms with Crippen molar-refractivity contribution in [2.45, 2.75) is 41.0 Å². The maximum Gasteiger partial charge on any atom is 0.0707 e. The first kappa shape index (κ1) is 14.8. The van der Waals surface area contributed by atoms with Crippen LogP contribution in [-0.2, 0) is 6.42 Å². The summed E-state index contributed by atoms with van der Waals surface area (Å²) in [4.78, 5) is 0. The van der Waals surface area contributed by atoms with Crippen molar-refractivity contribution < 1.29 is 0 Å². The van der Waals surface area contributed by atoms with Crippen molar-refractivity contribution in [3.8, 4) is 5.69 Å². The summed E-state index contributed by atoms with van der Waals surface area (Å²) >= 11 is 0. The molecule has 0 aliphatic carbocycles. The van der Waals surface area contributed by atoms with Gasteiger partial charge in [0.05, 0.1) is 11.4 Å². The molecule has 0 bridgehead atoms. The molecule has 0 radical (unpaired) electrons. The summed E-state index contributed by atoms with van der Waals surface area (Å²) < 4.78 is 2.12. The van der Waals surface area contributed by atoms with Crippen LogP contribution in [0.5, 0.6) is 0 Å². The third-order valence-corrected chi connectivity index (χ3v) is 3.91. The molecule has 0 spiro atoms. The van der Waals surface area contributed by atoms with Gasteiger partial charge in [0.15, 0.2) is 0 Å². The van der Waals surface area contributed by atoms with Crippen molar-refractivity contribution in [2.75, 3.05) is 13.6 Å². The van der Waals surface area contributed by atoms with E-state index in [1.807, 2.05) is 7.05 Å². The first-order valence-corrected chi connectivity index (χ1v) is 7.23. The summed E-state index contributed by atoms with van der Waals surface area (Å²) in [5.74, 6) is 0. The third kappa shape index (κ3) is 2.63. The maximum absolute atomic E-state index is 4.77. The van der Waals surface area contributed by atoms with Crippen molar-refractivity contribution in [1.82, 2.24) is 15.1 Å². The topological polar surface area (TPSA) is 29.9 Å². The van der Waals surface area contributed by atoms with Crippen LogP contribution < -0.4 is 5.32 Å². The molecule has 2 aromatic rings. The molecule has 0 amide bonds.